The molecule has 4 rings (SSSR count). The quantitative estimate of drug-likeness (QED) is 0.638. The predicted molar refractivity (Wildman–Crippen MR) is 117 cm³/mol. The average Bonchev–Trinajstić information content (AvgIpc) is 2.79. The number of rotatable bonds is 7. The van der Waals surface area contributed by atoms with Crippen LogP contribution in [0.25, 0.3) is 0 Å². The van der Waals surface area contributed by atoms with Crippen molar-refractivity contribution in [3.63, 3.8) is 0 Å². The second-order valence-corrected chi connectivity index (χ2v) is 7.53. The SMILES string of the molecule is COc1ccc(CCN2CCC[C@H](c3cccc(Nc4ccccn4)n3)C2)cc1. The van der Waals surface area contributed by atoms with Gasteiger partial charge in [-0.3, -0.25) is 0 Å². The molecule has 2 aromatic heterocycles. The molecule has 0 amide bonds. The molecule has 0 spiro atoms. The fourth-order valence-electron chi connectivity index (χ4n) is 3.90. The summed E-state index contributed by atoms with van der Waals surface area (Å²) in [5.74, 6) is 3.07. The van der Waals surface area contributed by atoms with Crippen molar-refractivity contribution >= 4 is 11.6 Å². The summed E-state index contributed by atoms with van der Waals surface area (Å²) in [7, 11) is 1.71. The molecule has 3 heterocycles. The molecule has 1 N–H and O–H groups in total. The molecule has 0 bridgehead atoms. The van der Waals surface area contributed by atoms with E-state index in [4.69, 9.17) is 9.72 Å². The van der Waals surface area contributed by atoms with Crippen molar-refractivity contribution in [3.8, 4) is 5.75 Å². The first-order valence-electron chi connectivity index (χ1n) is 10.3. The van der Waals surface area contributed by atoms with Gasteiger partial charge in [0.15, 0.2) is 0 Å². The summed E-state index contributed by atoms with van der Waals surface area (Å²) in [6.45, 7) is 3.31. The lowest BCUT2D eigenvalue weighted by Gasteiger charge is -2.32. The van der Waals surface area contributed by atoms with Gasteiger partial charge in [-0.25, -0.2) is 9.97 Å². The summed E-state index contributed by atoms with van der Waals surface area (Å²) in [6, 6.07) is 20.5. The Labute approximate surface area is 172 Å². The van der Waals surface area contributed by atoms with Crippen LogP contribution in [0.5, 0.6) is 5.75 Å². The minimum atomic E-state index is 0.477. The van der Waals surface area contributed by atoms with Crippen LogP contribution in [0.15, 0.2) is 66.9 Å². The van der Waals surface area contributed by atoms with E-state index in [0.29, 0.717) is 5.92 Å². The van der Waals surface area contributed by atoms with Crippen LogP contribution in [0.3, 0.4) is 0 Å². The van der Waals surface area contributed by atoms with E-state index in [-0.39, 0.29) is 0 Å². The fraction of sp³-hybridized carbons (Fsp3) is 0.333. The highest BCUT2D eigenvalue weighted by Crippen LogP contribution is 2.27. The van der Waals surface area contributed by atoms with Crippen LogP contribution in [0.4, 0.5) is 11.6 Å². The third-order valence-corrected chi connectivity index (χ3v) is 5.49. The average molecular weight is 389 g/mol. The predicted octanol–water partition coefficient (Wildman–Crippen LogP) is 4.65. The fourth-order valence-corrected chi connectivity index (χ4v) is 3.90. The van der Waals surface area contributed by atoms with Crippen LogP contribution in [0.2, 0.25) is 0 Å². The van der Waals surface area contributed by atoms with E-state index in [0.717, 1.165) is 36.9 Å². The number of pyridine rings is 2. The Bertz CT molecular complexity index is 898. The molecule has 0 saturated carbocycles. The standard InChI is InChI=1S/C24H28N4O/c1-29-21-12-10-19(11-13-21)14-17-28-16-5-6-20(18-28)22-7-4-9-24(26-22)27-23-8-2-3-15-25-23/h2-4,7-13,15,20H,5-6,14,16-18H2,1H3,(H,25,26,27)/t20-/m0/s1. The molecular formula is C24H28N4O. The van der Waals surface area contributed by atoms with Crippen molar-refractivity contribution in [3.05, 3.63) is 78.1 Å². The Morgan fingerprint density at radius 1 is 1.03 bits per heavy atom. The van der Waals surface area contributed by atoms with E-state index >= 15 is 0 Å². The Kier molecular flexibility index (Phi) is 6.37. The summed E-state index contributed by atoms with van der Waals surface area (Å²) in [5, 5.41) is 3.30. The van der Waals surface area contributed by atoms with Crippen LogP contribution in [0, 0.1) is 0 Å². The number of nitrogens with zero attached hydrogens (tertiary/aromatic N) is 3. The van der Waals surface area contributed by atoms with Gasteiger partial charge < -0.3 is 15.0 Å². The number of anilines is 2. The van der Waals surface area contributed by atoms with E-state index < -0.39 is 0 Å². The summed E-state index contributed by atoms with van der Waals surface area (Å²) in [5.41, 5.74) is 2.52. The highest BCUT2D eigenvalue weighted by molar-refractivity contribution is 5.51. The van der Waals surface area contributed by atoms with Crippen molar-refractivity contribution < 1.29 is 4.74 Å². The Hall–Kier alpha value is -2.92. The summed E-state index contributed by atoms with van der Waals surface area (Å²) in [6.07, 6.45) is 5.26. The molecule has 1 aliphatic rings. The molecule has 5 heteroatoms. The zero-order valence-corrected chi connectivity index (χ0v) is 16.9. The van der Waals surface area contributed by atoms with Crippen molar-refractivity contribution in [1.29, 1.82) is 0 Å². The molecule has 5 nitrogen and oxygen atoms in total. The second-order valence-electron chi connectivity index (χ2n) is 7.53. The number of ether oxygens (including phenoxy) is 1. The third kappa shape index (κ3) is 5.33. The maximum Gasteiger partial charge on any atom is 0.131 e. The van der Waals surface area contributed by atoms with Gasteiger partial charge in [-0.15, -0.1) is 0 Å². The van der Waals surface area contributed by atoms with Gasteiger partial charge >= 0.3 is 0 Å². The molecule has 1 aromatic carbocycles. The first-order chi connectivity index (χ1) is 14.3. The lowest BCUT2D eigenvalue weighted by Crippen LogP contribution is -2.36. The first kappa shape index (κ1) is 19.4. The van der Waals surface area contributed by atoms with Crippen molar-refractivity contribution in [2.24, 2.45) is 0 Å². The number of likely N-dealkylation sites (tertiary alicyclic amines) is 1. The molecule has 0 radical (unpaired) electrons. The molecule has 0 unspecified atom stereocenters. The topological polar surface area (TPSA) is 50.3 Å². The molecule has 150 valence electrons. The van der Waals surface area contributed by atoms with Gasteiger partial charge in [-0.1, -0.05) is 24.3 Å². The number of aromatic nitrogens is 2. The van der Waals surface area contributed by atoms with Gasteiger partial charge in [-0.2, -0.15) is 0 Å². The van der Waals surface area contributed by atoms with Gasteiger partial charge in [0, 0.05) is 30.9 Å². The number of piperidine rings is 1. The lowest BCUT2D eigenvalue weighted by atomic mass is 9.94. The van der Waals surface area contributed by atoms with Gasteiger partial charge in [-0.05, 0) is 67.8 Å². The Morgan fingerprint density at radius 2 is 1.90 bits per heavy atom. The monoisotopic (exact) mass is 388 g/mol. The van der Waals surface area contributed by atoms with Crippen LogP contribution in [0.1, 0.15) is 30.0 Å². The van der Waals surface area contributed by atoms with E-state index in [1.807, 2.05) is 36.4 Å². The smallest absolute Gasteiger partial charge is 0.131 e. The molecule has 0 aliphatic carbocycles. The van der Waals surface area contributed by atoms with Gasteiger partial charge in [0.1, 0.15) is 17.4 Å². The minimum absolute atomic E-state index is 0.477. The Morgan fingerprint density at radius 3 is 2.69 bits per heavy atom. The van der Waals surface area contributed by atoms with Crippen molar-refractivity contribution in [1.82, 2.24) is 14.9 Å². The summed E-state index contributed by atoms with van der Waals surface area (Å²) >= 11 is 0. The number of methoxy groups -OCH3 is 1. The molecule has 29 heavy (non-hydrogen) atoms. The normalized spacial score (nSPS) is 17.1. The van der Waals surface area contributed by atoms with Crippen LogP contribution in [-0.2, 0) is 6.42 Å². The van der Waals surface area contributed by atoms with Crippen LogP contribution in [-0.4, -0.2) is 41.6 Å². The van der Waals surface area contributed by atoms with Gasteiger partial charge in [0.2, 0.25) is 0 Å². The molecule has 1 atom stereocenters. The molecule has 1 saturated heterocycles. The molecular weight excluding hydrogens is 360 g/mol. The van der Waals surface area contributed by atoms with E-state index in [1.54, 1.807) is 13.3 Å². The molecule has 1 aliphatic heterocycles. The number of benzene rings is 1. The zero-order valence-electron chi connectivity index (χ0n) is 16.9. The van der Waals surface area contributed by atoms with Gasteiger partial charge in [0.05, 0.1) is 7.11 Å². The van der Waals surface area contributed by atoms with Crippen LogP contribution >= 0.6 is 0 Å². The van der Waals surface area contributed by atoms with Gasteiger partial charge in [0.25, 0.3) is 0 Å². The van der Waals surface area contributed by atoms with E-state index in [9.17, 15) is 0 Å². The maximum absolute atomic E-state index is 5.25. The number of nitrogens with one attached hydrogen (secondary N) is 1. The zero-order chi connectivity index (χ0) is 19.9. The lowest BCUT2D eigenvalue weighted by molar-refractivity contribution is 0.208. The van der Waals surface area contributed by atoms with Crippen molar-refractivity contribution in [2.75, 3.05) is 32.1 Å². The minimum Gasteiger partial charge on any atom is -0.497 e. The maximum atomic E-state index is 5.25. The van der Waals surface area contributed by atoms with Crippen LogP contribution < -0.4 is 10.1 Å². The number of hydrogen-bond acceptors (Lipinski definition) is 5. The largest absolute Gasteiger partial charge is 0.497 e. The first-order valence-corrected chi connectivity index (χ1v) is 10.3. The summed E-state index contributed by atoms with van der Waals surface area (Å²) in [4.78, 5) is 11.8. The van der Waals surface area contributed by atoms with Crippen molar-refractivity contribution in [2.45, 2.75) is 25.2 Å². The summed E-state index contributed by atoms with van der Waals surface area (Å²) < 4.78 is 5.25. The Balaban J connectivity index is 1.35. The van der Waals surface area contributed by atoms with E-state index in [1.165, 1.54) is 30.6 Å². The number of hydrogen-bond donors (Lipinski definition) is 1. The highest BCUT2D eigenvalue weighted by atomic mass is 16.5. The third-order valence-electron chi connectivity index (χ3n) is 5.49. The van der Waals surface area contributed by atoms with E-state index in [2.05, 4.69) is 39.5 Å². The molecule has 3 aromatic rings. The highest BCUT2D eigenvalue weighted by Gasteiger charge is 2.22. The molecule has 1 fully saturated rings. The second kappa shape index (κ2) is 9.52.